The van der Waals surface area contributed by atoms with E-state index in [0.29, 0.717) is 23.0 Å². The van der Waals surface area contributed by atoms with Crippen LogP contribution in [0.25, 0.3) is 21.9 Å². The van der Waals surface area contributed by atoms with E-state index in [4.69, 9.17) is 16.7 Å². The van der Waals surface area contributed by atoms with Gasteiger partial charge in [-0.25, -0.2) is 23.5 Å². The van der Waals surface area contributed by atoms with Gasteiger partial charge in [-0.05, 0) is 37.3 Å². The van der Waals surface area contributed by atoms with Gasteiger partial charge in [-0.1, -0.05) is 41.6 Å². The number of hydrogen-bond donors (Lipinski definition) is 1. The molecule has 28 heavy (non-hydrogen) atoms. The number of sulfonamides is 1. The van der Waals surface area contributed by atoms with Crippen LogP contribution < -0.4 is 5.14 Å². The molecule has 0 aliphatic rings. The van der Waals surface area contributed by atoms with Gasteiger partial charge in [-0.3, -0.25) is 0 Å². The molecule has 0 spiro atoms. The Balaban J connectivity index is 1.69. The van der Waals surface area contributed by atoms with E-state index >= 15 is 0 Å². The summed E-state index contributed by atoms with van der Waals surface area (Å²) in [5.41, 5.74) is 3.24. The van der Waals surface area contributed by atoms with Crippen molar-refractivity contribution in [3.05, 3.63) is 59.2 Å². The van der Waals surface area contributed by atoms with Crippen molar-refractivity contribution in [1.29, 1.82) is 0 Å². The van der Waals surface area contributed by atoms with Crippen LogP contribution in [0.15, 0.2) is 58.6 Å². The molecule has 2 N–H and O–H groups in total. The molecule has 0 aliphatic carbocycles. The maximum absolute atomic E-state index is 11.6. The summed E-state index contributed by atoms with van der Waals surface area (Å²) in [5.74, 6) is 0.599. The van der Waals surface area contributed by atoms with Crippen molar-refractivity contribution in [3.8, 4) is 0 Å². The number of para-hydroxylation sites is 1. The van der Waals surface area contributed by atoms with Gasteiger partial charge < -0.3 is 4.57 Å². The highest BCUT2D eigenvalue weighted by atomic mass is 35.5. The number of imidazole rings is 1. The molecule has 4 rings (SSSR count). The van der Waals surface area contributed by atoms with Crippen LogP contribution in [-0.2, 0) is 22.3 Å². The number of primary sulfonamides is 1. The molecule has 144 valence electrons. The number of nitrogens with zero attached hydrogens (tertiary/aromatic N) is 3. The Morgan fingerprint density at radius 1 is 1.11 bits per heavy atom. The minimum Gasteiger partial charge on any atom is -0.319 e. The Hall–Kier alpha value is -2.13. The summed E-state index contributed by atoms with van der Waals surface area (Å²) < 4.78 is 25.3. The number of aryl methyl sites for hydroxylation is 1. The van der Waals surface area contributed by atoms with Crippen LogP contribution in [0.3, 0.4) is 0 Å². The molecule has 9 heteroatoms. The molecule has 0 atom stereocenters. The lowest BCUT2D eigenvalue weighted by Crippen LogP contribution is -2.11. The summed E-state index contributed by atoms with van der Waals surface area (Å²) in [4.78, 5) is 9.12. The molecule has 2 aromatic heterocycles. The highest BCUT2D eigenvalue weighted by Gasteiger charge is 2.15. The maximum Gasteiger partial charge on any atom is 0.238 e. The Bertz CT molecular complexity index is 1300. The number of fused-ring (bicyclic) bond motifs is 2. The van der Waals surface area contributed by atoms with Crippen molar-refractivity contribution in [1.82, 2.24) is 14.5 Å². The fourth-order valence-corrected chi connectivity index (χ4v) is 4.94. The number of thioether (sulfide) groups is 1. The number of pyridine rings is 1. The quantitative estimate of drug-likeness (QED) is 0.377. The predicted molar refractivity (Wildman–Crippen MR) is 113 cm³/mol. The molecule has 0 radical (unpaired) electrons. The van der Waals surface area contributed by atoms with Gasteiger partial charge in [0.25, 0.3) is 0 Å². The van der Waals surface area contributed by atoms with Gasteiger partial charge in [0, 0.05) is 23.2 Å². The number of halogens is 1. The van der Waals surface area contributed by atoms with Gasteiger partial charge in [0.2, 0.25) is 10.0 Å². The first-order valence-corrected chi connectivity index (χ1v) is 11.5. The third-order valence-electron chi connectivity index (χ3n) is 4.44. The second kappa shape index (κ2) is 7.36. The second-order valence-corrected chi connectivity index (χ2v) is 9.12. The molecule has 0 saturated heterocycles. The first-order valence-electron chi connectivity index (χ1n) is 8.57. The van der Waals surface area contributed by atoms with E-state index < -0.39 is 10.0 Å². The van der Waals surface area contributed by atoms with Crippen LogP contribution in [0, 0.1) is 0 Å². The van der Waals surface area contributed by atoms with E-state index in [-0.39, 0.29) is 4.90 Å². The van der Waals surface area contributed by atoms with E-state index in [9.17, 15) is 8.42 Å². The Kier molecular flexibility index (Phi) is 5.05. The molecule has 0 amide bonds. The minimum absolute atomic E-state index is 0.0547. The van der Waals surface area contributed by atoms with Gasteiger partial charge in [0.15, 0.2) is 5.16 Å². The molecule has 0 fully saturated rings. The van der Waals surface area contributed by atoms with Gasteiger partial charge in [-0.2, -0.15) is 0 Å². The van der Waals surface area contributed by atoms with Crippen LogP contribution in [0.2, 0.25) is 5.15 Å². The normalized spacial score (nSPS) is 12.1. The number of aromatic nitrogens is 3. The third-order valence-corrected chi connectivity index (χ3v) is 6.70. The molecule has 0 aliphatic heterocycles. The number of hydrogen-bond acceptors (Lipinski definition) is 5. The molecule has 6 nitrogen and oxygen atoms in total. The molecule has 0 unspecified atom stereocenters. The Morgan fingerprint density at radius 2 is 1.89 bits per heavy atom. The van der Waals surface area contributed by atoms with Crippen molar-refractivity contribution in [2.75, 3.05) is 0 Å². The zero-order chi connectivity index (χ0) is 19.9. The number of rotatable bonds is 5. The molecule has 2 heterocycles. The highest BCUT2D eigenvalue weighted by molar-refractivity contribution is 7.98. The third kappa shape index (κ3) is 3.60. The SMILES string of the molecule is CCn1c(SCc2cc3ccccc3nc2Cl)nc2cc(S(N)(=O)=O)ccc21. The topological polar surface area (TPSA) is 90.9 Å². The van der Waals surface area contributed by atoms with Gasteiger partial charge in [-0.15, -0.1) is 0 Å². The maximum atomic E-state index is 11.6. The lowest BCUT2D eigenvalue weighted by molar-refractivity contribution is 0.598. The van der Waals surface area contributed by atoms with E-state index in [1.807, 2.05) is 41.8 Å². The first kappa shape index (κ1) is 19.2. The summed E-state index contributed by atoms with van der Waals surface area (Å²) in [5, 5.41) is 7.52. The second-order valence-electron chi connectivity index (χ2n) is 6.25. The van der Waals surface area contributed by atoms with E-state index in [1.165, 1.54) is 23.9 Å². The molecule has 4 aromatic rings. The molecule has 0 saturated carbocycles. The number of nitrogens with two attached hydrogens (primary N) is 1. The van der Waals surface area contributed by atoms with Crippen LogP contribution in [-0.4, -0.2) is 23.0 Å². The zero-order valence-electron chi connectivity index (χ0n) is 15.0. The van der Waals surface area contributed by atoms with Crippen LogP contribution in [0.4, 0.5) is 0 Å². The Labute approximate surface area is 171 Å². The minimum atomic E-state index is -3.77. The van der Waals surface area contributed by atoms with Crippen LogP contribution in [0.1, 0.15) is 12.5 Å². The largest absolute Gasteiger partial charge is 0.319 e. The molecular weight excluding hydrogens is 416 g/mol. The standard InChI is InChI=1S/C19H17ClN4O2S2/c1-2-24-17-8-7-14(28(21,25)26)10-16(17)23-19(24)27-11-13-9-12-5-3-4-6-15(12)22-18(13)20/h3-10H,2,11H2,1H3,(H2,21,25,26). The molecule has 0 bridgehead atoms. The van der Waals surface area contributed by atoms with E-state index in [1.54, 1.807) is 6.07 Å². The highest BCUT2D eigenvalue weighted by Crippen LogP contribution is 2.30. The van der Waals surface area contributed by atoms with Gasteiger partial charge >= 0.3 is 0 Å². The average molecular weight is 433 g/mol. The van der Waals surface area contributed by atoms with Crippen molar-refractivity contribution in [2.45, 2.75) is 29.3 Å². The Morgan fingerprint density at radius 3 is 2.64 bits per heavy atom. The van der Waals surface area contributed by atoms with Crippen LogP contribution in [0.5, 0.6) is 0 Å². The smallest absolute Gasteiger partial charge is 0.238 e. The molecular formula is C19H17ClN4O2S2. The van der Waals surface area contributed by atoms with Crippen molar-refractivity contribution >= 4 is 55.3 Å². The zero-order valence-corrected chi connectivity index (χ0v) is 17.4. The summed E-state index contributed by atoms with van der Waals surface area (Å²) in [6, 6.07) is 14.6. The van der Waals surface area contributed by atoms with Gasteiger partial charge in [0.05, 0.1) is 21.4 Å². The first-order chi connectivity index (χ1) is 13.4. The average Bonchev–Trinajstić information content (AvgIpc) is 3.02. The van der Waals surface area contributed by atoms with E-state index in [2.05, 4.69) is 9.97 Å². The summed E-state index contributed by atoms with van der Waals surface area (Å²) >= 11 is 7.89. The van der Waals surface area contributed by atoms with Crippen molar-refractivity contribution in [2.24, 2.45) is 5.14 Å². The summed E-state index contributed by atoms with van der Waals surface area (Å²) in [6.07, 6.45) is 0. The predicted octanol–water partition coefficient (Wildman–Crippen LogP) is 4.20. The molecule has 2 aromatic carbocycles. The van der Waals surface area contributed by atoms with Crippen molar-refractivity contribution in [3.63, 3.8) is 0 Å². The summed E-state index contributed by atoms with van der Waals surface area (Å²) in [7, 11) is -3.77. The fourth-order valence-electron chi connectivity index (χ4n) is 3.06. The monoisotopic (exact) mass is 432 g/mol. The van der Waals surface area contributed by atoms with Crippen LogP contribution >= 0.6 is 23.4 Å². The van der Waals surface area contributed by atoms with Crippen molar-refractivity contribution < 1.29 is 8.42 Å². The fraction of sp³-hybridized carbons (Fsp3) is 0.158. The lowest BCUT2D eigenvalue weighted by atomic mass is 10.2. The van der Waals surface area contributed by atoms with E-state index in [0.717, 1.165) is 27.1 Å². The van der Waals surface area contributed by atoms with Gasteiger partial charge in [0.1, 0.15) is 5.15 Å². The summed E-state index contributed by atoms with van der Waals surface area (Å²) in [6.45, 7) is 2.72. The lowest BCUT2D eigenvalue weighted by Gasteiger charge is -2.08. The number of benzene rings is 2.